The number of amides is 3. The zero-order valence-electron chi connectivity index (χ0n) is 10.3. The molecule has 0 bridgehead atoms. The summed E-state index contributed by atoms with van der Waals surface area (Å²) < 4.78 is 0.697. The van der Waals surface area contributed by atoms with Gasteiger partial charge >= 0.3 is 0 Å². The van der Waals surface area contributed by atoms with E-state index in [4.69, 9.17) is 0 Å². The van der Waals surface area contributed by atoms with Gasteiger partial charge in [-0.3, -0.25) is 24.1 Å². The van der Waals surface area contributed by atoms with E-state index in [9.17, 15) is 14.4 Å². The molecular formula is C12H11BrN2O4. The van der Waals surface area contributed by atoms with Gasteiger partial charge in [0.2, 0.25) is 0 Å². The Labute approximate surface area is 117 Å². The number of nitrogens with zero attached hydrogens (tertiary/aromatic N) is 1. The molecule has 3 amide bonds. The topological polar surface area (TPSA) is 75.7 Å². The summed E-state index contributed by atoms with van der Waals surface area (Å²) in [7, 11) is 1.28. The molecule has 0 radical (unpaired) electrons. The summed E-state index contributed by atoms with van der Waals surface area (Å²) in [4.78, 5) is 41.4. The van der Waals surface area contributed by atoms with Gasteiger partial charge in [0.25, 0.3) is 17.7 Å². The summed E-state index contributed by atoms with van der Waals surface area (Å²) in [6, 6.07) is 3.86. The summed E-state index contributed by atoms with van der Waals surface area (Å²) in [6.07, 6.45) is 0. The van der Waals surface area contributed by atoms with E-state index < -0.39 is 23.8 Å². The van der Waals surface area contributed by atoms with Crippen LogP contribution >= 0.6 is 15.9 Å². The first kappa shape index (κ1) is 13.7. The molecule has 0 fully saturated rings. The van der Waals surface area contributed by atoms with Gasteiger partial charge < -0.3 is 0 Å². The van der Waals surface area contributed by atoms with Crippen molar-refractivity contribution in [3.63, 3.8) is 0 Å². The Balaban J connectivity index is 2.35. The second kappa shape index (κ2) is 5.10. The molecule has 1 aromatic rings. The minimum absolute atomic E-state index is 0.288. The zero-order chi connectivity index (χ0) is 14.2. The predicted octanol–water partition coefficient (Wildman–Crippen LogP) is 1.11. The number of carbonyl (C=O) groups is 3. The number of carbonyl (C=O) groups excluding carboxylic acids is 3. The summed E-state index contributed by atoms with van der Waals surface area (Å²) in [5.41, 5.74) is 2.69. The van der Waals surface area contributed by atoms with Crippen LogP contribution < -0.4 is 5.48 Å². The van der Waals surface area contributed by atoms with Crippen molar-refractivity contribution in [3.8, 4) is 0 Å². The van der Waals surface area contributed by atoms with Gasteiger partial charge in [-0.05, 0) is 25.1 Å². The predicted molar refractivity (Wildman–Crippen MR) is 69.3 cm³/mol. The fourth-order valence-electron chi connectivity index (χ4n) is 1.89. The first-order chi connectivity index (χ1) is 8.97. The average Bonchev–Trinajstić information content (AvgIpc) is 2.61. The Kier molecular flexibility index (Phi) is 3.68. The largest absolute Gasteiger partial charge is 0.277 e. The van der Waals surface area contributed by atoms with Crippen LogP contribution in [-0.4, -0.2) is 35.8 Å². The molecule has 2 rings (SSSR count). The smallest absolute Gasteiger partial charge is 0.266 e. The van der Waals surface area contributed by atoms with Gasteiger partial charge in [-0.1, -0.05) is 15.9 Å². The van der Waals surface area contributed by atoms with Crippen LogP contribution in [-0.2, 0) is 9.63 Å². The van der Waals surface area contributed by atoms with E-state index in [1.54, 1.807) is 18.2 Å². The molecule has 0 aliphatic carbocycles. The van der Waals surface area contributed by atoms with E-state index in [-0.39, 0.29) is 5.56 Å². The lowest BCUT2D eigenvalue weighted by Gasteiger charge is -2.20. The molecule has 1 heterocycles. The van der Waals surface area contributed by atoms with Gasteiger partial charge in [-0.25, -0.2) is 5.48 Å². The lowest BCUT2D eigenvalue weighted by Crippen LogP contribution is -2.47. The molecule has 1 aromatic carbocycles. The molecule has 0 aromatic heterocycles. The second-order valence-corrected chi connectivity index (χ2v) is 4.93. The van der Waals surface area contributed by atoms with E-state index >= 15 is 0 Å². The number of rotatable bonds is 3. The highest BCUT2D eigenvalue weighted by Gasteiger charge is 2.40. The number of hydrogen-bond donors (Lipinski definition) is 1. The minimum Gasteiger partial charge on any atom is -0.277 e. The number of halogens is 1. The van der Waals surface area contributed by atoms with E-state index in [1.807, 2.05) is 0 Å². The van der Waals surface area contributed by atoms with Crippen LogP contribution in [0.3, 0.4) is 0 Å². The van der Waals surface area contributed by atoms with Gasteiger partial charge in [0.05, 0.1) is 18.2 Å². The third-order valence-corrected chi connectivity index (χ3v) is 3.34. The zero-order valence-corrected chi connectivity index (χ0v) is 11.9. The van der Waals surface area contributed by atoms with E-state index in [0.717, 1.165) is 4.90 Å². The van der Waals surface area contributed by atoms with Gasteiger partial charge in [0.15, 0.2) is 0 Å². The van der Waals surface area contributed by atoms with E-state index in [2.05, 4.69) is 26.2 Å². The molecule has 19 heavy (non-hydrogen) atoms. The number of benzene rings is 1. The van der Waals surface area contributed by atoms with Gasteiger partial charge in [0.1, 0.15) is 6.04 Å². The van der Waals surface area contributed by atoms with Crippen LogP contribution in [0.4, 0.5) is 0 Å². The molecule has 1 aliphatic rings. The van der Waals surface area contributed by atoms with Crippen LogP contribution in [0.2, 0.25) is 0 Å². The van der Waals surface area contributed by atoms with Gasteiger partial charge in [0, 0.05) is 4.47 Å². The first-order valence-electron chi connectivity index (χ1n) is 5.47. The van der Waals surface area contributed by atoms with Crippen LogP contribution in [0, 0.1) is 0 Å². The van der Waals surface area contributed by atoms with Crippen molar-refractivity contribution in [1.82, 2.24) is 10.4 Å². The summed E-state index contributed by atoms with van der Waals surface area (Å²) in [6.45, 7) is 1.46. The van der Waals surface area contributed by atoms with E-state index in [0.29, 0.717) is 10.0 Å². The Hall–Kier alpha value is -1.73. The first-order valence-corrected chi connectivity index (χ1v) is 6.27. The van der Waals surface area contributed by atoms with Crippen molar-refractivity contribution in [2.75, 3.05) is 7.11 Å². The van der Waals surface area contributed by atoms with Crippen LogP contribution in [0.15, 0.2) is 22.7 Å². The lowest BCUT2D eigenvalue weighted by molar-refractivity contribution is -0.134. The van der Waals surface area contributed by atoms with Crippen molar-refractivity contribution < 1.29 is 19.2 Å². The molecule has 0 spiro atoms. The van der Waals surface area contributed by atoms with Crippen molar-refractivity contribution in [3.05, 3.63) is 33.8 Å². The third kappa shape index (κ3) is 2.26. The molecule has 7 heteroatoms. The highest BCUT2D eigenvalue weighted by atomic mass is 79.9. The Morgan fingerprint density at radius 2 is 1.95 bits per heavy atom. The second-order valence-electron chi connectivity index (χ2n) is 4.02. The monoisotopic (exact) mass is 326 g/mol. The summed E-state index contributed by atoms with van der Waals surface area (Å²) in [5, 5.41) is 0. The molecule has 0 saturated heterocycles. The highest BCUT2D eigenvalue weighted by molar-refractivity contribution is 9.10. The fourth-order valence-corrected chi connectivity index (χ4v) is 2.25. The molecule has 1 atom stereocenters. The fraction of sp³-hybridized carbons (Fsp3) is 0.250. The van der Waals surface area contributed by atoms with Crippen LogP contribution in [0.5, 0.6) is 0 Å². The van der Waals surface area contributed by atoms with E-state index in [1.165, 1.54) is 14.0 Å². The third-order valence-electron chi connectivity index (χ3n) is 2.85. The number of hydrogen-bond acceptors (Lipinski definition) is 4. The Morgan fingerprint density at radius 3 is 2.58 bits per heavy atom. The SMILES string of the molecule is CONC(=O)C(C)N1C(=O)c2ccc(Br)cc2C1=O. The number of fused-ring (bicyclic) bond motifs is 1. The molecule has 1 aliphatic heterocycles. The standard InChI is InChI=1S/C12H11BrN2O4/c1-6(10(16)14-19-2)15-11(17)8-4-3-7(13)5-9(8)12(15)18/h3-6H,1-2H3,(H,14,16). The highest BCUT2D eigenvalue weighted by Crippen LogP contribution is 2.27. The maximum absolute atomic E-state index is 12.2. The Morgan fingerprint density at radius 1 is 1.32 bits per heavy atom. The summed E-state index contributed by atoms with van der Waals surface area (Å²) in [5.74, 6) is -1.53. The van der Waals surface area contributed by atoms with Crippen LogP contribution in [0.1, 0.15) is 27.6 Å². The maximum Gasteiger partial charge on any atom is 0.266 e. The molecule has 100 valence electrons. The van der Waals surface area contributed by atoms with Crippen molar-refractivity contribution >= 4 is 33.7 Å². The van der Waals surface area contributed by atoms with Crippen molar-refractivity contribution in [2.24, 2.45) is 0 Å². The van der Waals surface area contributed by atoms with Crippen molar-refractivity contribution in [1.29, 1.82) is 0 Å². The van der Waals surface area contributed by atoms with Gasteiger partial charge in [-0.15, -0.1) is 0 Å². The number of nitrogens with one attached hydrogen (secondary N) is 1. The average molecular weight is 327 g/mol. The number of hydroxylamine groups is 1. The quantitative estimate of drug-likeness (QED) is 0.667. The maximum atomic E-state index is 12.2. The molecule has 6 nitrogen and oxygen atoms in total. The number of imide groups is 1. The minimum atomic E-state index is -0.939. The molecular weight excluding hydrogens is 316 g/mol. The normalized spacial score (nSPS) is 15.4. The summed E-state index contributed by atoms with van der Waals surface area (Å²) >= 11 is 3.24. The van der Waals surface area contributed by atoms with Crippen molar-refractivity contribution in [2.45, 2.75) is 13.0 Å². The van der Waals surface area contributed by atoms with Crippen LogP contribution in [0.25, 0.3) is 0 Å². The van der Waals surface area contributed by atoms with Gasteiger partial charge in [-0.2, -0.15) is 0 Å². The Bertz CT molecular complexity index is 573. The lowest BCUT2D eigenvalue weighted by atomic mass is 10.1. The molecule has 1 N–H and O–H groups in total. The molecule has 0 saturated carbocycles. The molecule has 1 unspecified atom stereocenters.